The molecule has 1 unspecified atom stereocenters. The molecule has 7 heteroatoms. The Morgan fingerprint density at radius 2 is 2.11 bits per heavy atom. The molecule has 1 rings (SSSR count). The maximum atomic E-state index is 11.8. The van der Waals surface area contributed by atoms with Crippen molar-refractivity contribution in [2.45, 2.75) is 11.8 Å². The average molecular weight is 272 g/mol. The monoisotopic (exact) mass is 272 g/mol. The fourth-order valence-electron chi connectivity index (χ4n) is 1.21. The first kappa shape index (κ1) is 14.9. The fourth-order valence-corrected chi connectivity index (χ4v) is 2.06. The van der Waals surface area contributed by atoms with E-state index in [0.717, 1.165) is 4.31 Å². The van der Waals surface area contributed by atoms with E-state index in [1.54, 1.807) is 6.07 Å². The first-order chi connectivity index (χ1) is 8.37. The normalized spacial score (nSPS) is 13.6. The molecule has 0 saturated heterocycles. The first-order valence-corrected chi connectivity index (χ1v) is 7.14. The Morgan fingerprint density at radius 1 is 1.44 bits per heavy atom. The van der Waals surface area contributed by atoms with Crippen molar-refractivity contribution < 1.29 is 8.42 Å². The zero-order valence-corrected chi connectivity index (χ0v) is 11.7. The standard InChI is InChI=1S/C11H20N4O2S/c1-9(6-12)7-13-11-5-4-10(8-14-11)18(16,17)15(2)3/h4-5,8-9H,6-7,12H2,1-3H3,(H,13,14). The first-order valence-electron chi connectivity index (χ1n) is 5.70. The predicted molar refractivity (Wildman–Crippen MR) is 71.8 cm³/mol. The number of sulfonamides is 1. The van der Waals surface area contributed by atoms with Gasteiger partial charge in [0.25, 0.3) is 0 Å². The van der Waals surface area contributed by atoms with E-state index in [2.05, 4.69) is 10.3 Å². The van der Waals surface area contributed by atoms with Crippen molar-refractivity contribution in [3.05, 3.63) is 18.3 Å². The van der Waals surface area contributed by atoms with Crippen LogP contribution in [0.4, 0.5) is 5.82 Å². The molecule has 0 fully saturated rings. The van der Waals surface area contributed by atoms with Crippen molar-refractivity contribution in [1.82, 2.24) is 9.29 Å². The highest BCUT2D eigenvalue weighted by atomic mass is 32.2. The van der Waals surface area contributed by atoms with Gasteiger partial charge in [-0.3, -0.25) is 0 Å². The fraction of sp³-hybridized carbons (Fsp3) is 0.545. The number of rotatable bonds is 6. The number of aromatic nitrogens is 1. The van der Waals surface area contributed by atoms with Crippen molar-refractivity contribution >= 4 is 15.8 Å². The molecule has 0 aromatic carbocycles. The maximum absolute atomic E-state index is 11.8. The van der Waals surface area contributed by atoms with Gasteiger partial charge in [0.2, 0.25) is 10.0 Å². The molecule has 0 aliphatic rings. The number of nitrogens with two attached hydrogens (primary N) is 1. The summed E-state index contributed by atoms with van der Waals surface area (Å²) in [6, 6.07) is 3.19. The molecule has 0 aliphatic carbocycles. The van der Waals surface area contributed by atoms with Crippen LogP contribution >= 0.6 is 0 Å². The SMILES string of the molecule is CC(CN)CNc1ccc(S(=O)(=O)N(C)C)cn1. The number of hydrogen-bond donors (Lipinski definition) is 2. The summed E-state index contributed by atoms with van der Waals surface area (Å²) in [5.41, 5.74) is 5.51. The van der Waals surface area contributed by atoms with Gasteiger partial charge in [-0.2, -0.15) is 0 Å². The van der Waals surface area contributed by atoms with Gasteiger partial charge in [-0.05, 0) is 24.6 Å². The molecule has 0 spiro atoms. The van der Waals surface area contributed by atoms with E-state index in [9.17, 15) is 8.42 Å². The Labute approximate surface area is 108 Å². The van der Waals surface area contributed by atoms with Gasteiger partial charge >= 0.3 is 0 Å². The predicted octanol–water partition coefficient (Wildman–Crippen LogP) is 0.339. The summed E-state index contributed by atoms with van der Waals surface area (Å²) >= 11 is 0. The Morgan fingerprint density at radius 3 is 2.56 bits per heavy atom. The summed E-state index contributed by atoms with van der Waals surface area (Å²) in [5.74, 6) is 0.991. The zero-order chi connectivity index (χ0) is 13.8. The molecule has 3 N–H and O–H groups in total. The number of nitrogens with one attached hydrogen (secondary N) is 1. The molecule has 18 heavy (non-hydrogen) atoms. The van der Waals surface area contributed by atoms with E-state index < -0.39 is 10.0 Å². The van der Waals surface area contributed by atoms with Crippen molar-refractivity contribution in [3.8, 4) is 0 Å². The number of nitrogens with zero attached hydrogens (tertiary/aromatic N) is 2. The van der Waals surface area contributed by atoms with Crippen LogP contribution in [-0.2, 0) is 10.0 Å². The van der Waals surface area contributed by atoms with E-state index in [0.29, 0.717) is 24.8 Å². The van der Waals surface area contributed by atoms with E-state index in [4.69, 9.17) is 5.73 Å². The minimum absolute atomic E-state index is 0.185. The van der Waals surface area contributed by atoms with Crippen LogP contribution in [0.15, 0.2) is 23.2 Å². The molecule has 0 radical (unpaired) electrons. The second-order valence-corrected chi connectivity index (χ2v) is 6.54. The molecule has 0 aliphatic heterocycles. The van der Waals surface area contributed by atoms with Gasteiger partial charge in [0, 0.05) is 26.8 Å². The average Bonchev–Trinajstić information content (AvgIpc) is 2.36. The van der Waals surface area contributed by atoms with Gasteiger partial charge in [0.05, 0.1) is 0 Å². The highest BCUT2D eigenvalue weighted by Crippen LogP contribution is 2.13. The summed E-state index contributed by atoms with van der Waals surface area (Å²) in [5, 5.41) is 3.10. The Bertz CT molecular complexity index is 470. The molecular weight excluding hydrogens is 252 g/mol. The van der Waals surface area contributed by atoms with Gasteiger partial charge in [0.15, 0.2) is 0 Å². The Hall–Kier alpha value is -1.18. The third kappa shape index (κ3) is 3.66. The van der Waals surface area contributed by atoms with Gasteiger partial charge in [-0.25, -0.2) is 17.7 Å². The maximum Gasteiger partial charge on any atom is 0.244 e. The van der Waals surface area contributed by atoms with Crippen LogP contribution in [0, 0.1) is 5.92 Å². The van der Waals surface area contributed by atoms with Gasteiger partial charge in [0.1, 0.15) is 10.7 Å². The molecular formula is C11H20N4O2S. The number of hydrogen-bond acceptors (Lipinski definition) is 5. The van der Waals surface area contributed by atoms with Crippen LogP contribution in [0.3, 0.4) is 0 Å². The van der Waals surface area contributed by atoms with Crippen LogP contribution in [-0.4, -0.2) is 44.9 Å². The van der Waals surface area contributed by atoms with Gasteiger partial charge < -0.3 is 11.1 Å². The second-order valence-electron chi connectivity index (χ2n) is 4.39. The summed E-state index contributed by atoms with van der Waals surface area (Å²) < 4.78 is 24.8. The highest BCUT2D eigenvalue weighted by Gasteiger charge is 2.17. The summed E-state index contributed by atoms with van der Waals surface area (Å²) in [6.45, 7) is 3.33. The molecule has 0 amide bonds. The lowest BCUT2D eigenvalue weighted by atomic mass is 10.2. The second kappa shape index (κ2) is 6.12. The van der Waals surface area contributed by atoms with Crippen LogP contribution in [0.5, 0.6) is 0 Å². The molecule has 1 atom stereocenters. The lowest BCUT2D eigenvalue weighted by Crippen LogP contribution is -2.22. The number of anilines is 1. The van der Waals surface area contributed by atoms with Crippen LogP contribution in [0.2, 0.25) is 0 Å². The molecule has 1 aromatic rings. The molecule has 6 nitrogen and oxygen atoms in total. The smallest absolute Gasteiger partial charge is 0.244 e. The molecule has 1 aromatic heterocycles. The van der Waals surface area contributed by atoms with Crippen LogP contribution in [0.25, 0.3) is 0 Å². The van der Waals surface area contributed by atoms with Crippen molar-refractivity contribution in [3.63, 3.8) is 0 Å². The van der Waals surface area contributed by atoms with E-state index in [1.807, 2.05) is 6.92 Å². The largest absolute Gasteiger partial charge is 0.370 e. The molecule has 0 bridgehead atoms. The van der Waals surface area contributed by atoms with Gasteiger partial charge in [-0.15, -0.1) is 0 Å². The number of pyridine rings is 1. The lowest BCUT2D eigenvalue weighted by molar-refractivity contribution is 0.520. The minimum atomic E-state index is -3.41. The highest BCUT2D eigenvalue weighted by molar-refractivity contribution is 7.89. The Balaban J connectivity index is 2.75. The van der Waals surface area contributed by atoms with Gasteiger partial charge in [-0.1, -0.05) is 6.92 Å². The van der Waals surface area contributed by atoms with Crippen molar-refractivity contribution in [1.29, 1.82) is 0 Å². The summed E-state index contributed by atoms with van der Waals surface area (Å²) in [7, 11) is -0.426. The van der Waals surface area contributed by atoms with Crippen molar-refractivity contribution in [2.75, 3.05) is 32.5 Å². The minimum Gasteiger partial charge on any atom is -0.370 e. The van der Waals surface area contributed by atoms with Crippen LogP contribution in [0.1, 0.15) is 6.92 Å². The van der Waals surface area contributed by atoms with E-state index in [-0.39, 0.29) is 4.90 Å². The summed E-state index contributed by atoms with van der Waals surface area (Å²) in [6.07, 6.45) is 1.35. The third-order valence-electron chi connectivity index (χ3n) is 2.55. The molecule has 1 heterocycles. The molecule has 102 valence electrons. The quantitative estimate of drug-likeness (QED) is 0.779. The molecule has 0 saturated carbocycles. The lowest BCUT2D eigenvalue weighted by Gasteiger charge is -2.13. The van der Waals surface area contributed by atoms with Crippen molar-refractivity contribution in [2.24, 2.45) is 11.7 Å². The zero-order valence-electron chi connectivity index (χ0n) is 10.9. The summed E-state index contributed by atoms with van der Waals surface area (Å²) in [4.78, 5) is 4.26. The topological polar surface area (TPSA) is 88.3 Å². The van der Waals surface area contributed by atoms with Crippen LogP contribution < -0.4 is 11.1 Å². The third-order valence-corrected chi connectivity index (χ3v) is 4.35. The Kier molecular flexibility index (Phi) is 5.06. The van der Waals surface area contributed by atoms with E-state index in [1.165, 1.54) is 26.4 Å². The van der Waals surface area contributed by atoms with E-state index >= 15 is 0 Å².